The Bertz CT molecular complexity index is 434. The van der Waals surface area contributed by atoms with Gasteiger partial charge in [0, 0.05) is 0 Å². The van der Waals surface area contributed by atoms with Gasteiger partial charge in [-0.25, -0.2) is 0 Å². The minimum atomic E-state index is 0. The van der Waals surface area contributed by atoms with Crippen LogP contribution in [0.3, 0.4) is 0 Å². The van der Waals surface area contributed by atoms with Crippen molar-refractivity contribution in [3.8, 4) is 0 Å². The van der Waals surface area contributed by atoms with Gasteiger partial charge in [0.25, 0.3) is 0 Å². The number of hydrogen-bond acceptors (Lipinski definition) is 0. The van der Waals surface area contributed by atoms with E-state index in [1.807, 2.05) is 0 Å². The molecule has 0 aromatic heterocycles. The predicted molar refractivity (Wildman–Crippen MR) is 125 cm³/mol. The average Bonchev–Trinajstić information content (AvgIpc) is 3.35. The Morgan fingerprint density at radius 2 is 1.03 bits per heavy atom. The molecule has 0 bridgehead atoms. The summed E-state index contributed by atoms with van der Waals surface area (Å²) in [5, 5.41) is 0. The zero-order valence-corrected chi connectivity index (χ0v) is 20.4. The summed E-state index contributed by atoms with van der Waals surface area (Å²) in [6.07, 6.45) is 33.8. The Hall–Kier alpha value is -0.326. The summed E-state index contributed by atoms with van der Waals surface area (Å²) in [5.41, 5.74) is 0. The van der Waals surface area contributed by atoms with Gasteiger partial charge in [0.1, 0.15) is 0 Å². The Balaban J connectivity index is 0.000000405. The number of unbranched alkanes of at least 4 members (excludes halogenated alkanes) is 2. The van der Waals surface area contributed by atoms with E-state index in [1.165, 1.54) is 38.5 Å². The standard InChI is InChI=1S/C20H24.2C4H9.Ti/c1-2-6-18-12-15(11-17(18)5-1)9-10-16-13-19-7-3-4-8-20(19)14-16;2*1-3-4-2;/h1-8,11,13,15-20H,9-10,12,14H2;2*1,3-4H2,2H3;/q-2;2*-1;+4. The Morgan fingerprint density at radius 1 is 0.690 bits per heavy atom. The van der Waals surface area contributed by atoms with E-state index in [4.69, 9.17) is 0 Å². The molecular weight excluding hydrogens is 384 g/mol. The number of hydrogen-bond donors (Lipinski definition) is 0. The monoisotopic (exact) mass is 426 g/mol. The molecule has 4 aliphatic carbocycles. The molecule has 0 aromatic carbocycles. The van der Waals surface area contributed by atoms with Crippen LogP contribution in [0.5, 0.6) is 0 Å². The van der Waals surface area contributed by atoms with E-state index in [1.54, 1.807) is 0 Å². The predicted octanol–water partition coefficient (Wildman–Crippen LogP) is 8.17. The molecule has 2 fully saturated rings. The normalized spacial score (nSPS) is 33.0. The maximum Gasteiger partial charge on any atom is 4.00 e. The van der Waals surface area contributed by atoms with Crippen LogP contribution < -0.4 is 0 Å². The summed E-state index contributed by atoms with van der Waals surface area (Å²) in [6, 6.07) is 0. The Kier molecular flexibility index (Phi) is 14.2. The van der Waals surface area contributed by atoms with Crippen LogP contribution in [0, 0.1) is 62.2 Å². The third kappa shape index (κ3) is 9.14. The Labute approximate surface area is 197 Å². The van der Waals surface area contributed by atoms with Gasteiger partial charge in [-0.1, -0.05) is 88.8 Å². The fraction of sp³-hybridized carbons (Fsp3) is 0.571. The van der Waals surface area contributed by atoms with Gasteiger partial charge in [-0.3, -0.25) is 0 Å². The van der Waals surface area contributed by atoms with Gasteiger partial charge in [-0.2, -0.15) is 24.7 Å². The maximum atomic E-state index is 3.60. The number of allylic oxidation sites excluding steroid dienone is 8. The zero-order valence-electron chi connectivity index (χ0n) is 18.8. The van der Waals surface area contributed by atoms with Gasteiger partial charge in [-0.05, 0) is 11.8 Å². The molecule has 158 valence electrons. The van der Waals surface area contributed by atoms with Crippen molar-refractivity contribution in [2.75, 3.05) is 0 Å². The smallest absolute Gasteiger partial charge is 0.343 e. The van der Waals surface area contributed by atoms with Crippen LogP contribution in [-0.2, 0) is 21.7 Å². The molecule has 4 rings (SSSR count). The molecule has 0 spiro atoms. The second-order valence-electron chi connectivity index (χ2n) is 8.68. The fourth-order valence-electron chi connectivity index (χ4n) is 4.57. The minimum Gasteiger partial charge on any atom is -0.343 e. The average molecular weight is 427 g/mol. The van der Waals surface area contributed by atoms with Gasteiger partial charge in [0.05, 0.1) is 0 Å². The van der Waals surface area contributed by atoms with Gasteiger partial charge in [-0.15, -0.1) is 24.0 Å². The first-order chi connectivity index (χ1) is 13.7. The van der Waals surface area contributed by atoms with Crippen LogP contribution in [0.2, 0.25) is 0 Å². The summed E-state index contributed by atoms with van der Waals surface area (Å²) in [6.45, 7) is 11.4. The summed E-state index contributed by atoms with van der Waals surface area (Å²) in [4.78, 5) is 0. The number of fused-ring (bicyclic) bond motifs is 2. The van der Waals surface area contributed by atoms with Crippen LogP contribution in [0.4, 0.5) is 0 Å². The van der Waals surface area contributed by atoms with Gasteiger partial charge in [0.2, 0.25) is 0 Å². The third-order valence-electron chi connectivity index (χ3n) is 6.35. The van der Waals surface area contributed by atoms with Crippen molar-refractivity contribution in [2.24, 2.45) is 35.5 Å². The topological polar surface area (TPSA) is 0 Å². The molecule has 0 aromatic rings. The van der Waals surface area contributed by atoms with Crippen molar-refractivity contribution in [3.63, 3.8) is 0 Å². The molecule has 0 aliphatic heterocycles. The summed E-state index contributed by atoms with van der Waals surface area (Å²) in [7, 11) is 0. The second-order valence-corrected chi connectivity index (χ2v) is 8.68. The van der Waals surface area contributed by atoms with Crippen molar-refractivity contribution in [2.45, 2.75) is 65.2 Å². The minimum absolute atomic E-state index is 0. The number of rotatable bonds is 5. The molecular formula is C28H42Ti. The molecule has 0 radical (unpaired) electrons. The van der Waals surface area contributed by atoms with Crippen LogP contribution in [0.25, 0.3) is 0 Å². The third-order valence-corrected chi connectivity index (χ3v) is 6.35. The summed E-state index contributed by atoms with van der Waals surface area (Å²) in [5.74, 6) is 4.74. The summed E-state index contributed by atoms with van der Waals surface area (Å²) >= 11 is 0. The first kappa shape index (κ1) is 26.7. The van der Waals surface area contributed by atoms with Crippen LogP contribution in [0.15, 0.2) is 48.6 Å². The first-order valence-corrected chi connectivity index (χ1v) is 11.7. The zero-order chi connectivity index (χ0) is 20.2. The van der Waals surface area contributed by atoms with E-state index in [-0.39, 0.29) is 21.7 Å². The fourth-order valence-corrected chi connectivity index (χ4v) is 4.57. The van der Waals surface area contributed by atoms with Gasteiger partial charge < -0.3 is 26.7 Å². The van der Waals surface area contributed by atoms with Crippen molar-refractivity contribution < 1.29 is 21.7 Å². The molecule has 4 aliphatic rings. The van der Waals surface area contributed by atoms with E-state index in [0.29, 0.717) is 0 Å². The second kappa shape index (κ2) is 15.5. The summed E-state index contributed by atoms with van der Waals surface area (Å²) < 4.78 is 0. The van der Waals surface area contributed by atoms with Crippen molar-refractivity contribution in [1.29, 1.82) is 0 Å². The molecule has 0 heterocycles. The molecule has 6 atom stereocenters. The van der Waals surface area contributed by atoms with Crippen molar-refractivity contribution >= 4 is 0 Å². The van der Waals surface area contributed by atoms with E-state index in [0.717, 1.165) is 48.3 Å². The molecule has 0 amide bonds. The van der Waals surface area contributed by atoms with E-state index < -0.39 is 0 Å². The van der Waals surface area contributed by atoms with E-state index >= 15 is 0 Å². The molecule has 0 N–H and O–H groups in total. The molecule has 0 nitrogen and oxygen atoms in total. The van der Waals surface area contributed by atoms with E-state index in [2.05, 4.69) is 89.1 Å². The molecule has 0 saturated heterocycles. The Morgan fingerprint density at radius 3 is 1.34 bits per heavy atom. The first-order valence-electron chi connectivity index (χ1n) is 11.7. The molecule has 6 unspecified atom stereocenters. The van der Waals surface area contributed by atoms with Crippen molar-refractivity contribution in [3.05, 3.63) is 75.3 Å². The van der Waals surface area contributed by atoms with Crippen LogP contribution in [-0.4, -0.2) is 0 Å². The molecule has 29 heavy (non-hydrogen) atoms. The van der Waals surface area contributed by atoms with Gasteiger partial charge in [0.15, 0.2) is 0 Å². The quantitative estimate of drug-likeness (QED) is 0.307. The SMILES string of the molecule is C1=CC2[CH-]C(CCC3[CH-]C4C=CC=CC4C3)CC2C=C1.[CH2-]CCC.[CH2-]CCC.[Ti+4]. The molecule has 1 heteroatoms. The largest absolute Gasteiger partial charge is 4.00 e. The van der Waals surface area contributed by atoms with Crippen molar-refractivity contribution in [1.82, 2.24) is 0 Å². The van der Waals surface area contributed by atoms with E-state index in [9.17, 15) is 0 Å². The molecule has 2 saturated carbocycles. The van der Waals surface area contributed by atoms with Crippen LogP contribution >= 0.6 is 0 Å². The van der Waals surface area contributed by atoms with Crippen LogP contribution in [0.1, 0.15) is 65.2 Å². The maximum absolute atomic E-state index is 3.60. The van der Waals surface area contributed by atoms with Gasteiger partial charge >= 0.3 is 21.7 Å².